The second-order valence-electron chi connectivity index (χ2n) is 31.3. The maximum Gasteiger partial charge on any atom is 0.164 e. The molecular weight excluding hydrogens is 1560 g/mol. The fourth-order valence-corrected chi connectivity index (χ4v) is 18.8. The molecule has 0 saturated carbocycles. The van der Waals surface area contributed by atoms with Gasteiger partial charge in [0.15, 0.2) is 52.4 Å². The van der Waals surface area contributed by atoms with E-state index in [0.717, 1.165) is 155 Å². The zero-order valence-electron chi connectivity index (χ0n) is 66.8. The van der Waals surface area contributed by atoms with E-state index in [-0.39, 0.29) is 5.92 Å². The van der Waals surface area contributed by atoms with Gasteiger partial charge in [-0.1, -0.05) is 309 Å². The normalized spacial score (nSPS) is 13.1. The third-order valence-electron chi connectivity index (χ3n) is 23.7. The number of nitrogens with zero attached hydrogens (tertiary/aromatic N) is 9. The summed E-state index contributed by atoms with van der Waals surface area (Å²) < 4.78 is 27.6. The lowest BCUT2D eigenvalue weighted by Gasteiger charge is -2.23. The van der Waals surface area contributed by atoms with Gasteiger partial charge in [0, 0.05) is 125 Å². The second kappa shape index (κ2) is 30.3. The van der Waals surface area contributed by atoms with Crippen LogP contribution in [0, 0.1) is 0 Å². The molecule has 1 unspecified atom stereocenters. The van der Waals surface area contributed by atoms with E-state index in [4.69, 9.17) is 62.5 Å². The van der Waals surface area contributed by atoms with Gasteiger partial charge in [0.1, 0.15) is 44.8 Å². The lowest BCUT2D eigenvalue weighted by molar-refractivity contribution is 0.516. The highest BCUT2D eigenvalue weighted by molar-refractivity contribution is 7.26. The number of aromatic nitrogens is 9. The Kier molecular flexibility index (Phi) is 17.6. The lowest BCUT2D eigenvalue weighted by atomic mass is 9.81. The minimum atomic E-state index is 0.169. The summed E-state index contributed by atoms with van der Waals surface area (Å²) in [5, 5.41) is 14.8. The van der Waals surface area contributed by atoms with E-state index in [9.17, 15) is 0 Å². The summed E-state index contributed by atoms with van der Waals surface area (Å²) in [5.74, 6) is 6.92. The molecule has 0 aliphatic heterocycles. The zero-order chi connectivity index (χ0) is 82.4. The largest absolute Gasteiger partial charge is 0.460 e. The highest BCUT2D eigenvalue weighted by Gasteiger charge is 2.31. The van der Waals surface area contributed by atoms with E-state index in [1.165, 1.54) is 47.6 Å². The van der Waals surface area contributed by atoms with Crippen molar-refractivity contribution in [3.05, 3.63) is 405 Å². The van der Waals surface area contributed by atoms with Gasteiger partial charge in [-0.15, -0.1) is 11.3 Å². The van der Waals surface area contributed by atoms with Crippen molar-refractivity contribution in [1.82, 2.24) is 44.9 Å². The average molecular weight is 1620 g/mol. The van der Waals surface area contributed by atoms with Gasteiger partial charge in [0.05, 0.1) is 0 Å². The molecule has 586 valence electrons. The first-order valence-corrected chi connectivity index (χ1v) is 42.4. The molecule has 0 N–H and O–H groups in total. The molecule has 24 aromatic rings. The number of thiophene rings is 1. The van der Waals surface area contributed by atoms with Crippen molar-refractivity contribution >= 4 is 141 Å². The molecule has 14 heteroatoms. The maximum absolute atomic E-state index is 6.35. The van der Waals surface area contributed by atoms with E-state index >= 15 is 0 Å². The van der Waals surface area contributed by atoms with Gasteiger partial charge in [-0.2, -0.15) is 0 Å². The number of hydrogen-bond acceptors (Lipinski definition) is 14. The van der Waals surface area contributed by atoms with E-state index < -0.39 is 0 Å². The zero-order valence-corrected chi connectivity index (χ0v) is 67.6. The molecule has 8 heterocycles. The standard InChI is InChI=1S/C37H23N3O2.C37H21N3O2.C37H23N3S/c1-2-9-22(10-3-1)35-38-36(40-37(39-35)29-13-8-16-32-33(29)28-12-5-7-15-31(28)41-32)24-18-19-25-23(21-24)17-20-27-26-11-4-6-14-30(26)42-34(25)27;1-2-8-22(9-3-1)35-38-36(40-37(39-35)25-16-18-29-27-10-4-6-12-31(27)41-33(29)21-25)24-15-17-26-23(20-24)14-19-30-28-11-5-7-13-32(28)42-34(26)30;1-3-9-24(10-4-1)25-15-17-27(18-16-25)36-38-35(26-11-5-2-6-12-26)39-37(40-36)29-20-21-30-28(23-29)19-22-32-31-13-7-8-14-33(31)41-34(30)32/h1-18,20-21,25H,19H2;1-21H;1-23H. The molecule has 0 radical (unpaired) electrons. The predicted molar refractivity (Wildman–Crippen MR) is 507 cm³/mol. The Bertz CT molecular complexity index is 8530. The first-order chi connectivity index (χ1) is 61.9. The molecule has 0 saturated heterocycles. The predicted octanol–water partition coefficient (Wildman–Crippen LogP) is 29.3. The number of fused-ring (bicyclic) bond motifs is 21. The quantitative estimate of drug-likeness (QED) is 0.127. The molecule has 26 rings (SSSR count). The molecule has 1 atom stereocenters. The molecule has 0 spiro atoms. The highest BCUT2D eigenvalue weighted by Crippen LogP contribution is 2.47. The van der Waals surface area contributed by atoms with Gasteiger partial charge in [-0.25, -0.2) is 44.9 Å². The van der Waals surface area contributed by atoms with Crippen LogP contribution in [0.15, 0.2) is 405 Å². The minimum absolute atomic E-state index is 0.169. The van der Waals surface area contributed by atoms with Crippen molar-refractivity contribution in [3.8, 4) is 102 Å². The Labute approximate surface area is 718 Å². The van der Waals surface area contributed by atoms with Crippen LogP contribution in [-0.2, 0) is 0 Å². The molecule has 0 bridgehead atoms. The molecule has 125 heavy (non-hydrogen) atoms. The van der Waals surface area contributed by atoms with Crippen molar-refractivity contribution < 1.29 is 17.7 Å². The summed E-state index contributed by atoms with van der Waals surface area (Å²) in [6.07, 6.45) is 9.61. The van der Waals surface area contributed by atoms with E-state index in [1.807, 2.05) is 193 Å². The van der Waals surface area contributed by atoms with E-state index in [2.05, 4.69) is 206 Å². The fraction of sp³-hybridized carbons (Fsp3) is 0.0180. The van der Waals surface area contributed by atoms with Crippen LogP contribution in [0.1, 0.15) is 29.5 Å². The van der Waals surface area contributed by atoms with Crippen LogP contribution >= 0.6 is 11.3 Å². The summed E-state index contributed by atoms with van der Waals surface area (Å²) in [6, 6.07) is 124. The lowest BCUT2D eigenvalue weighted by Crippen LogP contribution is -2.10. The van der Waals surface area contributed by atoms with Crippen LogP contribution in [0.4, 0.5) is 0 Å². The fourth-order valence-electron chi connectivity index (χ4n) is 17.6. The summed E-state index contributed by atoms with van der Waals surface area (Å²) in [6.45, 7) is 0. The summed E-state index contributed by atoms with van der Waals surface area (Å²) in [4.78, 5) is 44.7. The Morgan fingerprint density at radius 3 is 1.30 bits per heavy atom. The average Bonchev–Trinajstić information content (AvgIpc) is 1.64. The van der Waals surface area contributed by atoms with Gasteiger partial charge in [-0.05, 0) is 118 Å². The SMILES string of the molecule is C1=Cc2c(oc3ccccc23)C2CC=C(c3nc(-c4ccccc4)nc(-c4cccc5oc6ccccc6c45)n3)C=C12.c1ccc(-c2ccc(-c3nc(-c4ccccc4)nc(-c4ccc5c(ccc6c7ccccc7sc56)c4)n3)cc2)cc1.c1ccc(-c2nc(-c3ccc4c(ccc5c6ccccc6oc45)c3)nc(-c3ccc4c(c3)oc3ccccc34)n2)cc1. The first kappa shape index (κ1) is 72.5. The van der Waals surface area contributed by atoms with Gasteiger partial charge in [-0.3, -0.25) is 0 Å². The number of para-hydroxylation sites is 4. The van der Waals surface area contributed by atoms with Crippen LogP contribution in [0.25, 0.3) is 232 Å². The van der Waals surface area contributed by atoms with Gasteiger partial charge in [0.2, 0.25) is 0 Å². The Balaban J connectivity index is 0.000000105. The molecule has 8 aromatic heterocycles. The van der Waals surface area contributed by atoms with Gasteiger partial charge < -0.3 is 17.7 Å². The molecular formula is C111H67N9O4S. The highest BCUT2D eigenvalue weighted by atomic mass is 32.1. The van der Waals surface area contributed by atoms with Crippen LogP contribution in [0.2, 0.25) is 0 Å². The van der Waals surface area contributed by atoms with Crippen molar-refractivity contribution in [2.24, 2.45) is 0 Å². The van der Waals surface area contributed by atoms with Crippen molar-refractivity contribution in [2.75, 3.05) is 0 Å². The van der Waals surface area contributed by atoms with Crippen LogP contribution in [0.3, 0.4) is 0 Å². The van der Waals surface area contributed by atoms with E-state index in [1.54, 1.807) is 0 Å². The Morgan fingerprint density at radius 1 is 0.256 bits per heavy atom. The van der Waals surface area contributed by atoms with Crippen molar-refractivity contribution in [3.63, 3.8) is 0 Å². The summed E-state index contributed by atoms with van der Waals surface area (Å²) in [5.41, 5.74) is 19.2. The molecule has 13 nitrogen and oxygen atoms in total. The topological polar surface area (TPSA) is 169 Å². The van der Waals surface area contributed by atoms with Crippen LogP contribution in [-0.4, -0.2) is 44.9 Å². The first-order valence-electron chi connectivity index (χ1n) is 41.6. The molecule has 2 aliphatic rings. The third kappa shape index (κ3) is 13.1. The number of furan rings is 4. The monoisotopic (exact) mass is 1620 g/mol. The summed E-state index contributed by atoms with van der Waals surface area (Å²) >= 11 is 1.85. The number of hydrogen-bond donors (Lipinski definition) is 0. The molecule has 2 aliphatic carbocycles. The van der Waals surface area contributed by atoms with Gasteiger partial charge >= 0.3 is 0 Å². The minimum Gasteiger partial charge on any atom is -0.460 e. The second-order valence-corrected chi connectivity index (χ2v) is 32.4. The molecule has 0 fully saturated rings. The Hall–Kier alpha value is -16.6. The van der Waals surface area contributed by atoms with Gasteiger partial charge in [0.25, 0.3) is 0 Å². The Morgan fingerprint density at radius 2 is 0.664 bits per heavy atom. The third-order valence-corrected chi connectivity index (χ3v) is 25.0. The van der Waals surface area contributed by atoms with E-state index in [0.29, 0.717) is 52.4 Å². The number of allylic oxidation sites excluding steroid dienone is 5. The van der Waals surface area contributed by atoms with Crippen molar-refractivity contribution in [1.29, 1.82) is 0 Å². The smallest absolute Gasteiger partial charge is 0.164 e. The van der Waals surface area contributed by atoms with Crippen LogP contribution in [0.5, 0.6) is 0 Å². The maximum atomic E-state index is 6.35. The van der Waals surface area contributed by atoms with Crippen molar-refractivity contribution in [2.45, 2.75) is 12.3 Å². The molecule has 0 amide bonds. The van der Waals surface area contributed by atoms with Crippen LogP contribution < -0.4 is 0 Å². The molecule has 16 aromatic carbocycles. The number of rotatable bonds is 10. The number of benzene rings is 16. The summed E-state index contributed by atoms with van der Waals surface area (Å²) in [7, 11) is 0.